The van der Waals surface area contributed by atoms with Crippen molar-refractivity contribution in [1.29, 1.82) is 0 Å². The molecule has 5 heteroatoms. The van der Waals surface area contributed by atoms with Crippen LogP contribution < -0.4 is 5.32 Å². The minimum absolute atomic E-state index is 0.152. The lowest BCUT2D eigenvalue weighted by atomic mass is 9.94. The molecule has 1 aromatic heterocycles. The molecule has 0 aromatic carbocycles. The number of hydrogen-bond donors (Lipinski definition) is 1. The fourth-order valence-corrected chi connectivity index (χ4v) is 3.45. The first kappa shape index (κ1) is 12.7. The number of piperidine rings is 1. The van der Waals surface area contributed by atoms with Gasteiger partial charge in [-0.05, 0) is 39.2 Å². The maximum atomic E-state index is 12.7. The molecule has 104 valence electrons. The summed E-state index contributed by atoms with van der Waals surface area (Å²) >= 11 is 0. The van der Waals surface area contributed by atoms with Crippen LogP contribution in [0, 0.1) is 19.8 Å². The third kappa shape index (κ3) is 2.06. The van der Waals surface area contributed by atoms with Gasteiger partial charge in [-0.1, -0.05) is 0 Å². The third-order valence-corrected chi connectivity index (χ3v) is 4.61. The molecular weight excluding hydrogens is 240 g/mol. The number of aryl methyl sites for hydroxylation is 2. The molecule has 1 aromatic rings. The zero-order valence-corrected chi connectivity index (χ0v) is 11.9. The number of aromatic nitrogens is 2. The second kappa shape index (κ2) is 4.63. The standard InChI is InChI=1S/C14H22N4O/c1-9-13(10(2)17(3)16-9)14(19)18-7-11-5-4-6-15-12(11)8-18/h11-12,15H,4-8H2,1-3H3/t11-,12+/m0/s1. The van der Waals surface area contributed by atoms with Crippen LogP contribution in [0.1, 0.15) is 34.6 Å². The zero-order valence-electron chi connectivity index (χ0n) is 11.9. The second-order valence-electron chi connectivity index (χ2n) is 5.84. The van der Waals surface area contributed by atoms with Crippen molar-refractivity contribution in [3.05, 3.63) is 17.0 Å². The molecule has 0 radical (unpaired) electrons. The van der Waals surface area contributed by atoms with Crippen LogP contribution >= 0.6 is 0 Å². The van der Waals surface area contributed by atoms with Gasteiger partial charge in [0.05, 0.1) is 11.3 Å². The molecule has 1 amide bonds. The van der Waals surface area contributed by atoms with E-state index in [9.17, 15) is 4.79 Å². The number of rotatable bonds is 1. The second-order valence-corrected chi connectivity index (χ2v) is 5.84. The fraction of sp³-hybridized carbons (Fsp3) is 0.714. The van der Waals surface area contributed by atoms with Gasteiger partial charge in [0.25, 0.3) is 5.91 Å². The minimum atomic E-state index is 0.152. The van der Waals surface area contributed by atoms with Crippen LogP contribution in [0.25, 0.3) is 0 Å². The summed E-state index contributed by atoms with van der Waals surface area (Å²) in [5.41, 5.74) is 2.60. The fourth-order valence-electron chi connectivity index (χ4n) is 3.45. The van der Waals surface area contributed by atoms with Gasteiger partial charge in [-0.2, -0.15) is 5.10 Å². The summed E-state index contributed by atoms with van der Waals surface area (Å²) in [6, 6.07) is 0.495. The van der Waals surface area contributed by atoms with Gasteiger partial charge < -0.3 is 10.2 Å². The monoisotopic (exact) mass is 262 g/mol. The molecule has 2 atom stereocenters. The Hall–Kier alpha value is -1.36. The van der Waals surface area contributed by atoms with E-state index in [-0.39, 0.29) is 5.91 Å². The lowest BCUT2D eigenvalue weighted by Crippen LogP contribution is -2.41. The molecule has 19 heavy (non-hydrogen) atoms. The smallest absolute Gasteiger partial charge is 0.257 e. The Bertz CT molecular complexity index is 494. The van der Waals surface area contributed by atoms with Crippen molar-refractivity contribution in [3.8, 4) is 0 Å². The van der Waals surface area contributed by atoms with Gasteiger partial charge in [0.2, 0.25) is 0 Å². The van der Waals surface area contributed by atoms with Gasteiger partial charge in [0.15, 0.2) is 0 Å². The quantitative estimate of drug-likeness (QED) is 0.816. The van der Waals surface area contributed by atoms with Gasteiger partial charge in [0.1, 0.15) is 0 Å². The molecule has 0 spiro atoms. The van der Waals surface area contributed by atoms with Crippen LogP contribution in [0.4, 0.5) is 0 Å². The predicted octanol–water partition coefficient (Wildman–Crippen LogP) is 0.861. The van der Waals surface area contributed by atoms with Crippen molar-refractivity contribution in [2.45, 2.75) is 32.7 Å². The first-order valence-electron chi connectivity index (χ1n) is 7.10. The van der Waals surface area contributed by atoms with Crippen molar-refractivity contribution in [3.63, 3.8) is 0 Å². The number of likely N-dealkylation sites (tertiary alicyclic amines) is 1. The summed E-state index contributed by atoms with van der Waals surface area (Å²) in [7, 11) is 1.89. The molecule has 3 rings (SSSR count). The molecule has 3 heterocycles. The average Bonchev–Trinajstić information content (AvgIpc) is 2.91. The zero-order chi connectivity index (χ0) is 13.6. The van der Waals surface area contributed by atoms with Crippen molar-refractivity contribution < 1.29 is 4.79 Å². The molecule has 5 nitrogen and oxygen atoms in total. The van der Waals surface area contributed by atoms with E-state index in [1.165, 1.54) is 12.8 Å². The van der Waals surface area contributed by atoms with E-state index in [0.29, 0.717) is 12.0 Å². The Morgan fingerprint density at radius 1 is 1.37 bits per heavy atom. The van der Waals surface area contributed by atoms with Gasteiger partial charge in [0, 0.05) is 31.9 Å². The molecule has 0 bridgehead atoms. The molecule has 2 aliphatic heterocycles. The number of fused-ring (bicyclic) bond motifs is 1. The molecule has 2 fully saturated rings. The van der Waals surface area contributed by atoms with Crippen LogP contribution in [0.15, 0.2) is 0 Å². The highest BCUT2D eigenvalue weighted by Crippen LogP contribution is 2.27. The maximum Gasteiger partial charge on any atom is 0.257 e. The summed E-state index contributed by atoms with van der Waals surface area (Å²) in [6.45, 7) is 6.71. The molecule has 0 aliphatic carbocycles. The lowest BCUT2D eigenvalue weighted by molar-refractivity contribution is 0.0784. The summed E-state index contributed by atoms with van der Waals surface area (Å²) in [5, 5.41) is 7.88. The van der Waals surface area contributed by atoms with Gasteiger partial charge in [-0.15, -0.1) is 0 Å². The summed E-state index contributed by atoms with van der Waals surface area (Å²) in [6.07, 6.45) is 2.47. The Morgan fingerprint density at radius 2 is 2.16 bits per heavy atom. The summed E-state index contributed by atoms with van der Waals surface area (Å²) in [5.74, 6) is 0.786. The normalized spacial score (nSPS) is 26.6. The number of carbonyl (C=O) groups excluding carboxylic acids is 1. The largest absolute Gasteiger partial charge is 0.337 e. The molecule has 1 N–H and O–H groups in total. The van der Waals surface area contributed by atoms with E-state index in [1.807, 2.05) is 25.8 Å². The molecule has 2 saturated heterocycles. The van der Waals surface area contributed by atoms with Crippen molar-refractivity contribution >= 4 is 5.91 Å². The van der Waals surface area contributed by atoms with E-state index in [4.69, 9.17) is 0 Å². The van der Waals surface area contributed by atoms with E-state index < -0.39 is 0 Å². The van der Waals surface area contributed by atoms with Gasteiger partial charge in [-0.3, -0.25) is 9.48 Å². The Labute approximate surface area is 114 Å². The topological polar surface area (TPSA) is 50.2 Å². The average molecular weight is 262 g/mol. The highest BCUT2D eigenvalue weighted by molar-refractivity contribution is 5.96. The van der Waals surface area contributed by atoms with Crippen LogP contribution in [0.3, 0.4) is 0 Å². The number of carbonyl (C=O) groups is 1. The Kier molecular flexibility index (Phi) is 3.09. The van der Waals surface area contributed by atoms with E-state index in [0.717, 1.165) is 36.6 Å². The summed E-state index contributed by atoms with van der Waals surface area (Å²) < 4.78 is 1.80. The van der Waals surface area contributed by atoms with Crippen LogP contribution in [-0.4, -0.2) is 46.3 Å². The van der Waals surface area contributed by atoms with Gasteiger partial charge >= 0.3 is 0 Å². The molecule has 0 saturated carbocycles. The number of hydrogen-bond acceptors (Lipinski definition) is 3. The number of amides is 1. The van der Waals surface area contributed by atoms with Crippen molar-refractivity contribution in [2.24, 2.45) is 13.0 Å². The highest BCUT2D eigenvalue weighted by atomic mass is 16.2. The maximum absolute atomic E-state index is 12.7. The Morgan fingerprint density at radius 3 is 2.79 bits per heavy atom. The minimum Gasteiger partial charge on any atom is -0.337 e. The van der Waals surface area contributed by atoms with E-state index in [1.54, 1.807) is 4.68 Å². The predicted molar refractivity (Wildman–Crippen MR) is 73.1 cm³/mol. The van der Waals surface area contributed by atoms with E-state index in [2.05, 4.69) is 10.4 Å². The van der Waals surface area contributed by atoms with Crippen LogP contribution in [0.5, 0.6) is 0 Å². The third-order valence-electron chi connectivity index (χ3n) is 4.61. The van der Waals surface area contributed by atoms with Crippen molar-refractivity contribution in [1.82, 2.24) is 20.0 Å². The van der Waals surface area contributed by atoms with E-state index >= 15 is 0 Å². The Balaban J connectivity index is 1.81. The van der Waals surface area contributed by atoms with Crippen LogP contribution in [0.2, 0.25) is 0 Å². The molecule has 2 aliphatic rings. The highest BCUT2D eigenvalue weighted by Gasteiger charge is 2.37. The summed E-state index contributed by atoms with van der Waals surface area (Å²) in [4.78, 5) is 14.7. The number of nitrogens with zero attached hydrogens (tertiary/aromatic N) is 3. The van der Waals surface area contributed by atoms with Gasteiger partial charge in [-0.25, -0.2) is 0 Å². The van der Waals surface area contributed by atoms with Crippen molar-refractivity contribution in [2.75, 3.05) is 19.6 Å². The lowest BCUT2D eigenvalue weighted by Gasteiger charge is -2.24. The SMILES string of the molecule is Cc1nn(C)c(C)c1C(=O)N1C[C@@H]2CCCN[C@@H]2C1. The first-order valence-corrected chi connectivity index (χ1v) is 7.10. The number of nitrogens with one attached hydrogen (secondary N) is 1. The van der Waals surface area contributed by atoms with Crippen LogP contribution in [-0.2, 0) is 7.05 Å². The first-order chi connectivity index (χ1) is 9.08. The molecule has 0 unspecified atom stereocenters. The molecular formula is C14H22N4O.